The van der Waals surface area contributed by atoms with E-state index in [-0.39, 0.29) is 42.6 Å². The molecular formula is C31H32O6S2. The molecule has 204 valence electrons. The number of ether oxygens (including phenoxy) is 2. The zero-order valence-corrected chi connectivity index (χ0v) is 23.7. The van der Waals surface area contributed by atoms with Gasteiger partial charge in [-0.1, -0.05) is 38.6 Å². The number of carbonyl (C=O) groups is 4. The van der Waals surface area contributed by atoms with Crippen LogP contribution in [0.2, 0.25) is 0 Å². The number of carbonyl (C=O) groups excluding carboxylic acids is 4. The third-order valence-corrected chi connectivity index (χ3v) is 11.7. The van der Waals surface area contributed by atoms with Gasteiger partial charge in [0.15, 0.2) is 11.6 Å². The Labute approximate surface area is 236 Å². The largest absolute Gasteiger partial charge is 0.461 e. The lowest BCUT2D eigenvalue weighted by Crippen LogP contribution is -2.69. The molecule has 0 N–H and O–H groups in total. The molecule has 2 aromatic rings. The van der Waals surface area contributed by atoms with E-state index in [0.29, 0.717) is 40.2 Å². The van der Waals surface area contributed by atoms with Crippen molar-refractivity contribution in [3.8, 4) is 0 Å². The Morgan fingerprint density at radius 2 is 1.54 bits per heavy atom. The summed E-state index contributed by atoms with van der Waals surface area (Å²) in [6.45, 7) is 10.7. The monoisotopic (exact) mass is 564 g/mol. The summed E-state index contributed by atoms with van der Waals surface area (Å²) < 4.78 is 11.9. The molecule has 6 atom stereocenters. The highest BCUT2D eigenvalue weighted by atomic mass is 32.1. The number of allylic oxidation sites excluding steroid dienone is 2. The summed E-state index contributed by atoms with van der Waals surface area (Å²) in [4.78, 5) is 55.0. The van der Waals surface area contributed by atoms with Crippen LogP contribution in [-0.4, -0.2) is 36.7 Å². The lowest BCUT2D eigenvalue weighted by Gasteiger charge is -2.67. The molecule has 6 unspecified atom stereocenters. The first-order valence-electron chi connectivity index (χ1n) is 13.5. The van der Waals surface area contributed by atoms with Crippen LogP contribution in [0, 0.1) is 34.0 Å². The number of fused-ring (bicyclic) bond motifs is 3. The van der Waals surface area contributed by atoms with Crippen LogP contribution in [0.5, 0.6) is 0 Å². The van der Waals surface area contributed by atoms with Crippen molar-refractivity contribution in [2.45, 2.75) is 45.4 Å². The molecule has 0 saturated heterocycles. The van der Waals surface area contributed by atoms with Crippen molar-refractivity contribution in [2.75, 3.05) is 13.2 Å². The molecule has 5 aliphatic rings. The molecule has 0 aromatic carbocycles. The van der Waals surface area contributed by atoms with E-state index in [1.54, 1.807) is 18.2 Å². The van der Waals surface area contributed by atoms with E-state index in [2.05, 4.69) is 13.2 Å². The number of Topliss-reactive ketones (excluding diaryl/α,β-unsaturated/α-hetero) is 2. The number of hydrogen-bond donors (Lipinski definition) is 0. The van der Waals surface area contributed by atoms with Gasteiger partial charge in [-0.15, -0.1) is 22.7 Å². The molecule has 0 aliphatic heterocycles. The maximum atomic E-state index is 14.3. The first-order chi connectivity index (χ1) is 18.6. The Bertz CT molecular complexity index is 1370. The highest BCUT2D eigenvalue weighted by molar-refractivity contribution is 7.12. The van der Waals surface area contributed by atoms with Crippen LogP contribution in [-0.2, 0) is 19.1 Å². The quantitative estimate of drug-likeness (QED) is 0.233. The van der Waals surface area contributed by atoms with E-state index < -0.39 is 28.1 Å². The molecule has 7 rings (SSSR count). The fourth-order valence-electron chi connectivity index (χ4n) is 8.48. The van der Waals surface area contributed by atoms with Crippen LogP contribution in [0.1, 0.15) is 64.8 Å². The Morgan fingerprint density at radius 1 is 0.923 bits per heavy atom. The number of hydrogen-bond acceptors (Lipinski definition) is 8. The summed E-state index contributed by atoms with van der Waals surface area (Å²) in [5, 5.41) is 3.66. The first-order valence-corrected chi connectivity index (χ1v) is 15.3. The van der Waals surface area contributed by atoms with Crippen molar-refractivity contribution >= 4 is 46.2 Å². The number of rotatable bonds is 6. The van der Waals surface area contributed by atoms with Gasteiger partial charge in [0.05, 0.1) is 18.6 Å². The summed E-state index contributed by atoms with van der Waals surface area (Å²) in [6, 6.07) is 7.08. The first kappa shape index (κ1) is 26.4. The molecule has 1 spiro atoms. The predicted octanol–water partition coefficient (Wildman–Crippen LogP) is 6.30. The number of esters is 2. The minimum Gasteiger partial charge on any atom is -0.461 e. The molecular weight excluding hydrogens is 532 g/mol. The van der Waals surface area contributed by atoms with Crippen molar-refractivity contribution in [2.24, 2.45) is 34.0 Å². The summed E-state index contributed by atoms with van der Waals surface area (Å²) >= 11 is 2.64. The zero-order chi connectivity index (χ0) is 27.6. The van der Waals surface area contributed by atoms with Gasteiger partial charge in [-0.2, -0.15) is 0 Å². The smallest absolute Gasteiger partial charge is 0.348 e. The van der Waals surface area contributed by atoms with E-state index in [4.69, 9.17) is 9.47 Å². The van der Waals surface area contributed by atoms with Crippen LogP contribution < -0.4 is 0 Å². The molecule has 0 amide bonds. The molecule has 5 saturated carbocycles. The maximum Gasteiger partial charge on any atom is 0.348 e. The fraction of sp³-hybridized carbons (Fsp3) is 0.484. The van der Waals surface area contributed by atoms with Gasteiger partial charge >= 0.3 is 11.9 Å². The van der Waals surface area contributed by atoms with Gasteiger partial charge in [-0.25, -0.2) is 9.59 Å². The van der Waals surface area contributed by atoms with Crippen LogP contribution in [0.4, 0.5) is 0 Å². The average molecular weight is 565 g/mol. The fourth-order valence-corrected chi connectivity index (χ4v) is 9.71. The van der Waals surface area contributed by atoms with Gasteiger partial charge in [0, 0.05) is 16.7 Å². The van der Waals surface area contributed by atoms with Crippen molar-refractivity contribution in [3.63, 3.8) is 0 Å². The molecule has 8 heteroatoms. The molecule has 6 nitrogen and oxygen atoms in total. The van der Waals surface area contributed by atoms with Crippen LogP contribution >= 0.6 is 22.7 Å². The third kappa shape index (κ3) is 3.78. The van der Waals surface area contributed by atoms with Crippen LogP contribution in [0.15, 0.2) is 59.3 Å². The molecule has 2 bridgehead atoms. The highest BCUT2D eigenvalue weighted by Crippen LogP contribution is 2.71. The minimum absolute atomic E-state index is 0.0268. The Kier molecular flexibility index (Phi) is 6.34. The standard InChI is InChI=1S/C31H32O6S2/c1-18-20-9-12-31(25(18)32)23(15-20)30(17-37-28(35)22-8-5-14-39-22)11-6-10-29(3,24(30)19(2)26(31)33)16-36-27(34)21-7-4-13-38-21/h4-5,7-8,13-14,20,23-24H,1-2,6,9-12,15-17H2,3H3. The second-order valence-electron chi connectivity index (χ2n) is 12.0. The molecule has 5 fully saturated rings. The Hall–Kier alpha value is -2.84. The number of ketones is 2. The van der Waals surface area contributed by atoms with Gasteiger partial charge in [0.1, 0.15) is 9.75 Å². The zero-order valence-electron chi connectivity index (χ0n) is 22.0. The summed E-state index contributed by atoms with van der Waals surface area (Å²) in [6.07, 6.45) is 4.14. The van der Waals surface area contributed by atoms with Gasteiger partial charge in [0.25, 0.3) is 0 Å². The van der Waals surface area contributed by atoms with Crippen LogP contribution in [0.25, 0.3) is 0 Å². The van der Waals surface area contributed by atoms with Gasteiger partial charge in [-0.05, 0) is 78.0 Å². The Balaban J connectivity index is 1.41. The minimum atomic E-state index is -1.19. The van der Waals surface area contributed by atoms with Crippen molar-refractivity contribution in [1.29, 1.82) is 0 Å². The van der Waals surface area contributed by atoms with E-state index >= 15 is 0 Å². The van der Waals surface area contributed by atoms with Crippen molar-refractivity contribution < 1.29 is 28.7 Å². The summed E-state index contributed by atoms with van der Waals surface area (Å²) in [7, 11) is 0. The van der Waals surface area contributed by atoms with E-state index in [0.717, 1.165) is 19.3 Å². The lowest BCUT2D eigenvalue weighted by molar-refractivity contribution is -0.187. The van der Waals surface area contributed by atoms with E-state index in [9.17, 15) is 19.2 Å². The maximum absolute atomic E-state index is 14.3. The Morgan fingerprint density at radius 3 is 2.15 bits per heavy atom. The summed E-state index contributed by atoms with van der Waals surface area (Å²) in [5.74, 6) is -1.79. The van der Waals surface area contributed by atoms with Gasteiger partial charge in [0.2, 0.25) is 0 Å². The second kappa shape index (κ2) is 9.37. The molecule has 39 heavy (non-hydrogen) atoms. The highest BCUT2D eigenvalue weighted by Gasteiger charge is 2.73. The molecule has 2 heterocycles. The van der Waals surface area contributed by atoms with Gasteiger partial charge in [-0.3, -0.25) is 9.59 Å². The van der Waals surface area contributed by atoms with E-state index in [1.165, 1.54) is 22.7 Å². The third-order valence-electron chi connectivity index (χ3n) is 10.0. The number of thiophene rings is 2. The molecule has 2 aromatic heterocycles. The second-order valence-corrected chi connectivity index (χ2v) is 13.9. The topological polar surface area (TPSA) is 86.7 Å². The predicted molar refractivity (Wildman–Crippen MR) is 149 cm³/mol. The average Bonchev–Trinajstić information content (AvgIpc) is 3.67. The van der Waals surface area contributed by atoms with E-state index in [1.807, 2.05) is 23.8 Å². The van der Waals surface area contributed by atoms with Gasteiger partial charge < -0.3 is 9.47 Å². The lowest BCUT2D eigenvalue weighted by atomic mass is 9.35. The molecule has 5 aliphatic carbocycles. The summed E-state index contributed by atoms with van der Waals surface area (Å²) in [5.41, 5.74) is -1.53. The van der Waals surface area contributed by atoms with Crippen molar-refractivity contribution in [1.82, 2.24) is 0 Å². The molecule has 0 radical (unpaired) electrons. The van der Waals surface area contributed by atoms with Crippen molar-refractivity contribution in [3.05, 3.63) is 69.1 Å². The normalized spacial score (nSPS) is 35.4. The SMILES string of the molecule is C=C1C(=O)C23CCC1CC2C1(COC(=O)c2cccs2)CCCC(C)(COC(=O)c2cccs2)C1C(=C)C3=O. The van der Waals surface area contributed by atoms with Crippen LogP contribution in [0.3, 0.4) is 0 Å².